The van der Waals surface area contributed by atoms with Crippen LogP contribution in [-0.2, 0) is 26.6 Å². The maximum atomic E-state index is 9.31. The van der Waals surface area contributed by atoms with Crippen molar-refractivity contribution in [1.29, 1.82) is 0 Å². The van der Waals surface area contributed by atoms with Crippen LogP contribution in [0.25, 0.3) is 10.9 Å². The summed E-state index contributed by atoms with van der Waals surface area (Å²) in [4.78, 5) is 2.51. The molecule has 0 radical (unpaired) electrons. The van der Waals surface area contributed by atoms with Gasteiger partial charge >= 0.3 is 0 Å². The summed E-state index contributed by atoms with van der Waals surface area (Å²) < 4.78 is 2.23. The Morgan fingerprint density at radius 2 is 1.81 bits per heavy atom. The Bertz CT molecular complexity index is 657. The summed E-state index contributed by atoms with van der Waals surface area (Å²) in [5.41, 5.74) is 5.62. The van der Waals surface area contributed by atoms with Crippen molar-refractivity contribution in [2.24, 2.45) is 13.0 Å². The summed E-state index contributed by atoms with van der Waals surface area (Å²) in [5, 5.41) is 10.7. The second-order valence-electron chi connectivity index (χ2n) is 6.89. The van der Waals surface area contributed by atoms with E-state index >= 15 is 0 Å². The van der Waals surface area contributed by atoms with E-state index in [1.807, 2.05) is 0 Å². The minimum absolute atomic E-state index is 0.252. The molecule has 0 saturated carbocycles. The maximum absolute atomic E-state index is 9.31. The molecule has 114 valence electrons. The highest BCUT2D eigenvalue weighted by Crippen LogP contribution is 2.32. The van der Waals surface area contributed by atoms with Crippen LogP contribution in [0.4, 0.5) is 0 Å². The predicted octanol–water partition coefficient (Wildman–Crippen LogP) is 3.07. The summed E-state index contributed by atoms with van der Waals surface area (Å²) >= 11 is 0. The van der Waals surface area contributed by atoms with Crippen LogP contribution >= 0.6 is 0 Å². The van der Waals surface area contributed by atoms with Crippen molar-refractivity contribution >= 4 is 10.9 Å². The number of fused-ring (bicyclic) bond motifs is 2. The van der Waals surface area contributed by atoms with Gasteiger partial charge in [0.2, 0.25) is 0 Å². The highest BCUT2D eigenvalue weighted by Gasteiger charge is 2.23. The van der Waals surface area contributed by atoms with Gasteiger partial charge in [-0.1, -0.05) is 6.92 Å². The minimum atomic E-state index is 0.252. The molecule has 2 aromatic rings. The first-order chi connectivity index (χ1) is 9.99. The Morgan fingerprint density at radius 1 is 1.14 bits per heavy atom. The topological polar surface area (TPSA) is 28.4 Å². The predicted molar refractivity (Wildman–Crippen MR) is 87.3 cm³/mol. The number of aromatic nitrogens is 1. The van der Waals surface area contributed by atoms with Crippen molar-refractivity contribution in [2.45, 2.75) is 46.3 Å². The molecule has 0 aliphatic carbocycles. The van der Waals surface area contributed by atoms with Crippen LogP contribution in [0.5, 0.6) is 0 Å². The third-order valence-corrected chi connectivity index (χ3v) is 4.75. The third-order valence-electron chi connectivity index (χ3n) is 4.75. The van der Waals surface area contributed by atoms with Crippen molar-refractivity contribution in [2.75, 3.05) is 6.61 Å². The van der Waals surface area contributed by atoms with E-state index in [0.717, 1.165) is 19.5 Å². The van der Waals surface area contributed by atoms with Gasteiger partial charge in [0.1, 0.15) is 0 Å². The van der Waals surface area contributed by atoms with E-state index in [-0.39, 0.29) is 6.61 Å². The Labute approximate surface area is 127 Å². The Kier molecular flexibility index (Phi) is 3.80. The quantitative estimate of drug-likeness (QED) is 0.935. The molecule has 1 atom stereocenters. The molecule has 1 N–H and O–H groups in total. The molecule has 3 nitrogen and oxygen atoms in total. The lowest BCUT2D eigenvalue weighted by molar-refractivity contribution is 0.227. The summed E-state index contributed by atoms with van der Waals surface area (Å²) in [6, 6.07) is 5.33. The molecule has 1 aliphatic heterocycles. The minimum Gasteiger partial charge on any atom is -0.396 e. The van der Waals surface area contributed by atoms with E-state index in [0.29, 0.717) is 12.0 Å². The number of benzene rings is 1. The molecule has 2 heterocycles. The van der Waals surface area contributed by atoms with Gasteiger partial charge in [0.15, 0.2) is 0 Å². The molecule has 1 aromatic carbocycles. The maximum Gasteiger partial charge on any atom is 0.0484 e. The van der Waals surface area contributed by atoms with Gasteiger partial charge in [0.25, 0.3) is 0 Å². The number of aryl methyl sites for hydroxylation is 1. The lowest BCUT2D eigenvalue weighted by atomic mass is 9.99. The lowest BCUT2D eigenvalue weighted by Gasteiger charge is -2.18. The molecule has 21 heavy (non-hydrogen) atoms. The van der Waals surface area contributed by atoms with E-state index in [1.54, 1.807) is 0 Å². The second-order valence-corrected chi connectivity index (χ2v) is 6.89. The summed E-state index contributed by atoms with van der Waals surface area (Å²) in [6.07, 6.45) is 3.17. The van der Waals surface area contributed by atoms with E-state index in [2.05, 4.69) is 55.6 Å². The molecule has 0 bridgehead atoms. The van der Waals surface area contributed by atoms with Crippen LogP contribution in [0.3, 0.4) is 0 Å². The number of rotatable bonds is 4. The molecule has 0 fully saturated rings. The molecular formula is C18H26N2O. The van der Waals surface area contributed by atoms with Crippen LogP contribution in [0.1, 0.15) is 37.5 Å². The van der Waals surface area contributed by atoms with Crippen LogP contribution in [0.2, 0.25) is 0 Å². The van der Waals surface area contributed by atoms with E-state index in [1.165, 1.54) is 27.6 Å². The van der Waals surface area contributed by atoms with Crippen molar-refractivity contribution in [3.63, 3.8) is 0 Å². The fourth-order valence-electron chi connectivity index (χ4n) is 3.35. The number of aliphatic hydroxyl groups is 1. The number of nitrogens with zero attached hydrogens (tertiary/aromatic N) is 2. The molecular weight excluding hydrogens is 260 g/mol. The van der Waals surface area contributed by atoms with Gasteiger partial charge in [-0.3, -0.25) is 4.90 Å². The molecule has 1 aliphatic rings. The smallest absolute Gasteiger partial charge is 0.0484 e. The van der Waals surface area contributed by atoms with Crippen LogP contribution in [0.15, 0.2) is 18.3 Å². The molecule has 3 rings (SSSR count). The normalized spacial score (nSPS) is 16.9. The average Bonchev–Trinajstić information content (AvgIpc) is 2.99. The van der Waals surface area contributed by atoms with Gasteiger partial charge in [-0.25, -0.2) is 0 Å². The number of hydrogen-bond acceptors (Lipinski definition) is 2. The first kappa shape index (κ1) is 14.6. The summed E-state index contributed by atoms with van der Waals surface area (Å²) in [6.45, 7) is 9.01. The Morgan fingerprint density at radius 3 is 2.43 bits per heavy atom. The van der Waals surface area contributed by atoms with Gasteiger partial charge in [-0.05, 0) is 55.0 Å². The molecule has 3 heteroatoms. The van der Waals surface area contributed by atoms with Gasteiger partial charge in [-0.2, -0.15) is 0 Å². The lowest BCUT2D eigenvalue weighted by Crippen LogP contribution is -2.24. The monoisotopic (exact) mass is 286 g/mol. The fraction of sp³-hybridized carbons (Fsp3) is 0.556. The third kappa shape index (κ3) is 2.60. The van der Waals surface area contributed by atoms with Crippen molar-refractivity contribution in [1.82, 2.24) is 9.47 Å². The highest BCUT2D eigenvalue weighted by molar-refractivity contribution is 5.86. The zero-order chi connectivity index (χ0) is 15.1. The molecule has 1 unspecified atom stereocenters. The van der Waals surface area contributed by atoms with Crippen LogP contribution < -0.4 is 0 Å². The van der Waals surface area contributed by atoms with Gasteiger partial charge in [0, 0.05) is 49.9 Å². The Balaban J connectivity index is 2.01. The van der Waals surface area contributed by atoms with Crippen molar-refractivity contribution in [3.8, 4) is 0 Å². The zero-order valence-corrected chi connectivity index (χ0v) is 13.6. The zero-order valence-electron chi connectivity index (χ0n) is 13.6. The van der Waals surface area contributed by atoms with Crippen LogP contribution in [-0.4, -0.2) is 27.2 Å². The largest absolute Gasteiger partial charge is 0.396 e. The van der Waals surface area contributed by atoms with E-state index in [4.69, 9.17) is 0 Å². The molecule has 1 aromatic heterocycles. The average molecular weight is 286 g/mol. The number of aliphatic hydroxyl groups excluding tert-OH is 1. The summed E-state index contributed by atoms with van der Waals surface area (Å²) in [5.74, 6) is 0.316. The molecule has 0 saturated heterocycles. The SMILES string of the molecule is CC(CO)Cc1cn(C)c2cc3c(cc12)CN(C(C)C)C3. The van der Waals surface area contributed by atoms with Gasteiger partial charge < -0.3 is 9.67 Å². The first-order valence-corrected chi connectivity index (χ1v) is 7.94. The Hall–Kier alpha value is -1.32. The number of hydrogen-bond donors (Lipinski definition) is 1. The molecule has 0 spiro atoms. The van der Waals surface area contributed by atoms with E-state index in [9.17, 15) is 5.11 Å². The second kappa shape index (κ2) is 5.47. The first-order valence-electron chi connectivity index (χ1n) is 7.94. The molecule has 0 amide bonds. The van der Waals surface area contributed by atoms with Gasteiger partial charge in [-0.15, -0.1) is 0 Å². The van der Waals surface area contributed by atoms with Crippen molar-refractivity contribution < 1.29 is 5.11 Å². The van der Waals surface area contributed by atoms with Gasteiger partial charge in [0.05, 0.1) is 0 Å². The van der Waals surface area contributed by atoms with E-state index < -0.39 is 0 Å². The highest BCUT2D eigenvalue weighted by atomic mass is 16.3. The van der Waals surface area contributed by atoms with Crippen LogP contribution in [0, 0.1) is 5.92 Å². The van der Waals surface area contributed by atoms with Crippen molar-refractivity contribution in [3.05, 3.63) is 35.0 Å². The summed E-state index contributed by atoms with van der Waals surface area (Å²) in [7, 11) is 2.12. The fourth-order valence-corrected chi connectivity index (χ4v) is 3.35. The standard InChI is InChI=1S/C18H26N2O/c1-12(2)20-9-14-6-17-16(5-13(3)11-21)8-19(4)18(17)7-15(14)10-20/h6-8,12-13,21H,5,9-11H2,1-4H3.